The minimum atomic E-state index is -0.341. The fraction of sp³-hybridized carbons (Fsp3) is 0.185. The summed E-state index contributed by atoms with van der Waals surface area (Å²) in [6.07, 6.45) is 5.61. The van der Waals surface area contributed by atoms with Crippen molar-refractivity contribution in [3.05, 3.63) is 103 Å². The molecule has 0 aliphatic rings. The quantitative estimate of drug-likeness (QED) is 0.346. The van der Waals surface area contributed by atoms with Gasteiger partial charge in [0, 0.05) is 37.7 Å². The van der Waals surface area contributed by atoms with E-state index >= 15 is 0 Å². The van der Waals surface area contributed by atoms with Crippen LogP contribution in [0.3, 0.4) is 0 Å². The van der Waals surface area contributed by atoms with Gasteiger partial charge in [-0.05, 0) is 35.4 Å². The molecule has 2 heterocycles. The number of aromatic nitrogens is 2. The highest BCUT2D eigenvalue weighted by Crippen LogP contribution is 2.26. The number of methoxy groups -OCH3 is 1. The smallest absolute Gasteiger partial charge is 0.340 e. The largest absolute Gasteiger partial charge is 0.492 e. The molecule has 0 N–H and O–H groups in total. The zero-order valence-corrected chi connectivity index (χ0v) is 18.8. The maximum atomic E-state index is 12.3. The van der Waals surface area contributed by atoms with Crippen LogP contribution in [0.2, 0.25) is 0 Å². The van der Waals surface area contributed by atoms with Crippen LogP contribution in [0.4, 0.5) is 5.82 Å². The lowest BCUT2D eigenvalue weighted by molar-refractivity contribution is 0.0601. The van der Waals surface area contributed by atoms with E-state index in [-0.39, 0.29) is 5.97 Å². The fourth-order valence-corrected chi connectivity index (χ4v) is 3.62. The molecular formula is C27H27N3O3. The van der Waals surface area contributed by atoms with Crippen LogP contribution in [0.5, 0.6) is 5.75 Å². The van der Waals surface area contributed by atoms with Crippen molar-refractivity contribution in [1.82, 2.24) is 9.55 Å². The van der Waals surface area contributed by atoms with E-state index in [1.807, 2.05) is 96.8 Å². The number of rotatable bonds is 9. The highest BCUT2D eigenvalue weighted by atomic mass is 16.5. The summed E-state index contributed by atoms with van der Waals surface area (Å²) < 4.78 is 12.9. The molecule has 0 saturated heterocycles. The van der Waals surface area contributed by atoms with Gasteiger partial charge in [0.05, 0.1) is 19.2 Å². The lowest BCUT2D eigenvalue weighted by atomic mass is 10.1. The SMILES string of the molecule is COC(=O)c1cn(Cc2ccc(OCCN(C)c3ccccn3)cc2)cc1-c1ccccc1. The molecule has 33 heavy (non-hydrogen) atoms. The number of esters is 1. The molecule has 2 aromatic carbocycles. The molecule has 4 rings (SSSR count). The molecule has 0 saturated carbocycles. The van der Waals surface area contributed by atoms with Gasteiger partial charge in [-0.1, -0.05) is 48.5 Å². The fourth-order valence-electron chi connectivity index (χ4n) is 3.62. The van der Waals surface area contributed by atoms with Gasteiger partial charge in [-0.2, -0.15) is 0 Å². The Morgan fingerprint density at radius 1 is 0.970 bits per heavy atom. The number of pyridine rings is 1. The number of hydrogen-bond acceptors (Lipinski definition) is 5. The van der Waals surface area contributed by atoms with Crippen molar-refractivity contribution in [1.29, 1.82) is 0 Å². The first-order chi connectivity index (χ1) is 16.1. The summed E-state index contributed by atoms with van der Waals surface area (Å²) in [7, 11) is 3.40. The van der Waals surface area contributed by atoms with Crippen LogP contribution < -0.4 is 9.64 Å². The van der Waals surface area contributed by atoms with Gasteiger partial charge < -0.3 is 18.9 Å². The molecular weight excluding hydrogens is 414 g/mol. The van der Waals surface area contributed by atoms with Crippen LogP contribution in [-0.4, -0.2) is 42.8 Å². The van der Waals surface area contributed by atoms with Crippen molar-refractivity contribution in [3.63, 3.8) is 0 Å². The van der Waals surface area contributed by atoms with Crippen molar-refractivity contribution in [2.24, 2.45) is 0 Å². The molecule has 0 unspecified atom stereocenters. The molecule has 0 aliphatic heterocycles. The van der Waals surface area contributed by atoms with Gasteiger partial charge in [-0.3, -0.25) is 0 Å². The first-order valence-corrected chi connectivity index (χ1v) is 10.8. The number of carbonyl (C=O) groups excluding carboxylic acids is 1. The lowest BCUT2D eigenvalue weighted by Gasteiger charge is -2.18. The minimum absolute atomic E-state index is 0.341. The molecule has 168 valence electrons. The van der Waals surface area contributed by atoms with Crippen molar-refractivity contribution >= 4 is 11.8 Å². The number of benzene rings is 2. The van der Waals surface area contributed by atoms with E-state index in [0.717, 1.165) is 34.8 Å². The molecule has 4 aromatic rings. The molecule has 6 heteroatoms. The van der Waals surface area contributed by atoms with Gasteiger partial charge >= 0.3 is 5.97 Å². The van der Waals surface area contributed by atoms with Gasteiger partial charge in [-0.25, -0.2) is 9.78 Å². The predicted octanol–water partition coefficient (Wildman–Crippen LogP) is 4.90. The van der Waals surface area contributed by atoms with E-state index in [9.17, 15) is 4.79 Å². The van der Waals surface area contributed by atoms with E-state index in [1.165, 1.54) is 7.11 Å². The molecule has 0 spiro atoms. The van der Waals surface area contributed by atoms with Gasteiger partial charge in [-0.15, -0.1) is 0 Å². The van der Waals surface area contributed by atoms with Gasteiger partial charge in [0.25, 0.3) is 0 Å². The Labute approximate surface area is 194 Å². The summed E-state index contributed by atoms with van der Waals surface area (Å²) in [5.41, 5.74) is 3.51. The monoisotopic (exact) mass is 441 g/mol. The summed E-state index contributed by atoms with van der Waals surface area (Å²) in [6, 6.07) is 23.7. The number of ether oxygens (including phenoxy) is 2. The van der Waals surface area contributed by atoms with E-state index < -0.39 is 0 Å². The average molecular weight is 442 g/mol. The van der Waals surface area contributed by atoms with Crippen LogP contribution in [-0.2, 0) is 11.3 Å². The summed E-state index contributed by atoms with van der Waals surface area (Å²) in [4.78, 5) is 18.7. The van der Waals surface area contributed by atoms with E-state index in [1.54, 1.807) is 6.20 Å². The van der Waals surface area contributed by atoms with Crippen LogP contribution >= 0.6 is 0 Å². The summed E-state index contributed by atoms with van der Waals surface area (Å²) in [5.74, 6) is 1.40. The second-order valence-electron chi connectivity index (χ2n) is 7.72. The van der Waals surface area contributed by atoms with Crippen molar-refractivity contribution < 1.29 is 14.3 Å². The van der Waals surface area contributed by atoms with Crippen LogP contribution in [0.15, 0.2) is 91.4 Å². The molecule has 0 atom stereocenters. The third kappa shape index (κ3) is 5.60. The first-order valence-electron chi connectivity index (χ1n) is 10.8. The normalized spacial score (nSPS) is 10.6. The highest BCUT2D eigenvalue weighted by molar-refractivity contribution is 5.97. The van der Waals surface area contributed by atoms with Gasteiger partial charge in [0.15, 0.2) is 0 Å². The summed E-state index contributed by atoms with van der Waals surface area (Å²) in [5, 5.41) is 0. The Bertz CT molecular complexity index is 1170. The number of likely N-dealkylation sites (N-methyl/N-ethyl adjacent to an activating group) is 1. The second-order valence-corrected chi connectivity index (χ2v) is 7.72. The molecule has 6 nitrogen and oxygen atoms in total. The van der Waals surface area contributed by atoms with Crippen molar-refractivity contribution in [3.8, 4) is 16.9 Å². The summed E-state index contributed by atoms with van der Waals surface area (Å²) in [6.45, 7) is 1.94. The van der Waals surface area contributed by atoms with Crippen molar-refractivity contribution in [2.45, 2.75) is 6.54 Å². The van der Waals surface area contributed by atoms with Crippen LogP contribution in [0.1, 0.15) is 15.9 Å². The molecule has 0 aliphatic carbocycles. The zero-order chi connectivity index (χ0) is 23.0. The number of anilines is 1. The predicted molar refractivity (Wildman–Crippen MR) is 130 cm³/mol. The number of hydrogen-bond donors (Lipinski definition) is 0. The Morgan fingerprint density at radius 3 is 2.42 bits per heavy atom. The Kier molecular flexibility index (Phi) is 7.05. The lowest BCUT2D eigenvalue weighted by Crippen LogP contribution is -2.24. The summed E-state index contributed by atoms with van der Waals surface area (Å²) >= 11 is 0. The maximum Gasteiger partial charge on any atom is 0.340 e. The Balaban J connectivity index is 1.39. The van der Waals surface area contributed by atoms with Gasteiger partial charge in [0.2, 0.25) is 0 Å². The van der Waals surface area contributed by atoms with Crippen LogP contribution in [0, 0.1) is 0 Å². The van der Waals surface area contributed by atoms with Crippen LogP contribution in [0.25, 0.3) is 11.1 Å². The standard InChI is InChI=1S/C27H27N3O3/c1-29(26-10-6-7-15-28-26)16-17-33-23-13-11-21(12-14-23)18-30-19-24(22-8-4-3-5-9-22)25(20-30)27(31)32-2/h3-15,19-20H,16-18H2,1-2H3. The van der Waals surface area contributed by atoms with E-state index in [2.05, 4.69) is 9.88 Å². The average Bonchev–Trinajstić information content (AvgIpc) is 3.29. The third-order valence-corrected chi connectivity index (χ3v) is 5.39. The topological polar surface area (TPSA) is 56.6 Å². The Morgan fingerprint density at radius 2 is 1.73 bits per heavy atom. The minimum Gasteiger partial charge on any atom is -0.492 e. The molecule has 2 aromatic heterocycles. The molecule has 0 amide bonds. The third-order valence-electron chi connectivity index (χ3n) is 5.39. The molecule has 0 radical (unpaired) electrons. The molecule has 0 fully saturated rings. The second kappa shape index (κ2) is 10.5. The van der Waals surface area contributed by atoms with Crippen molar-refractivity contribution in [2.75, 3.05) is 32.2 Å². The first kappa shape index (κ1) is 22.1. The van der Waals surface area contributed by atoms with E-state index in [4.69, 9.17) is 9.47 Å². The van der Waals surface area contributed by atoms with Gasteiger partial charge in [0.1, 0.15) is 18.2 Å². The maximum absolute atomic E-state index is 12.3. The number of carbonyl (C=O) groups is 1. The zero-order valence-electron chi connectivity index (χ0n) is 18.8. The highest BCUT2D eigenvalue weighted by Gasteiger charge is 2.16. The molecule has 0 bridgehead atoms. The van der Waals surface area contributed by atoms with E-state index in [0.29, 0.717) is 18.7 Å². The Hall–Kier alpha value is -4.06. The number of nitrogens with zero attached hydrogens (tertiary/aromatic N) is 3.